The Hall–Kier alpha value is -0.120. The Labute approximate surface area is 101 Å². The highest BCUT2D eigenvalue weighted by Crippen LogP contribution is 2.25. The Balaban J connectivity index is 2.25. The molecule has 0 spiro atoms. The molecule has 0 amide bonds. The highest BCUT2D eigenvalue weighted by Gasteiger charge is 2.29. The Bertz CT molecular complexity index is 186. The molecule has 1 saturated heterocycles. The van der Waals surface area contributed by atoms with Crippen LogP contribution in [0.15, 0.2) is 0 Å². The van der Waals surface area contributed by atoms with Crippen molar-refractivity contribution < 1.29 is 0 Å². The van der Waals surface area contributed by atoms with E-state index in [1.165, 1.54) is 52.1 Å². The molecule has 1 heterocycles. The minimum atomic E-state index is 0.508. The van der Waals surface area contributed by atoms with Crippen LogP contribution in [0.1, 0.15) is 26.7 Å². The molecule has 16 heavy (non-hydrogen) atoms. The van der Waals surface area contributed by atoms with E-state index in [2.05, 4.69) is 43.1 Å². The van der Waals surface area contributed by atoms with Gasteiger partial charge in [0.15, 0.2) is 0 Å². The zero-order chi connectivity index (χ0) is 12.0. The summed E-state index contributed by atoms with van der Waals surface area (Å²) in [7, 11) is 4.30. The summed E-state index contributed by atoms with van der Waals surface area (Å²) in [6.45, 7) is 12.0. The normalized spacial score (nSPS) is 25.9. The molecule has 3 heteroatoms. The monoisotopic (exact) mass is 227 g/mol. The largest absolute Gasteiger partial charge is 0.316 e. The number of hydrogen-bond acceptors (Lipinski definition) is 3. The highest BCUT2D eigenvalue weighted by molar-refractivity contribution is 4.86. The van der Waals surface area contributed by atoms with Crippen molar-refractivity contribution in [3.63, 3.8) is 0 Å². The molecule has 0 saturated carbocycles. The number of hydrogen-bond donors (Lipinski definition) is 1. The number of nitrogens with one attached hydrogen (secondary N) is 1. The standard InChI is InChI=1S/C13H29N3/c1-5-16(10-6-9-15(3)4)12-13(2)7-8-14-11-13/h14H,5-12H2,1-4H3. The summed E-state index contributed by atoms with van der Waals surface area (Å²) in [6, 6.07) is 0. The van der Waals surface area contributed by atoms with Gasteiger partial charge in [-0.25, -0.2) is 0 Å². The molecule has 0 aromatic carbocycles. The topological polar surface area (TPSA) is 18.5 Å². The first-order valence-corrected chi connectivity index (χ1v) is 6.63. The maximum Gasteiger partial charge on any atom is 0.00479 e. The fourth-order valence-electron chi connectivity index (χ4n) is 2.50. The van der Waals surface area contributed by atoms with E-state index in [4.69, 9.17) is 0 Å². The van der Waals surface area contributed by atoms with Gasteiger partial charge in [0.2, 0.25) is 0 Å². The molecule has 0 radical (unpaired) electrons. The third-order valence-corrected chi connectivity index (χ3v) is 3.59. The maximum absolute atomic E-state index is 3.48. The van der Waals surface area contributed by atoms with E-state index in [0.717, 1.165) is 0 Å². The van der Waals surface area contributed by atoms with Crippen LogP contribution in [0.5, 0.6) is 0 Å². The van der Waals surface area contributed by atoms with Gasteiger partial charge >= 0.3 is 0 Å². The number of rotatable bonds is 7. The van der Waals surface area contributed by atoms with Crippen LogP contribution < -0.4 is 5.32 Å². The van der Waals surface area contributed by atoms with Crippen molar-refractivity contribution in [2.45, 2.75) is 26.7 Å². The summed E-state index contributed by atoms with van der Waals surface area (Å²) in [5.74, 6) is 0. The molecule has 1 aliphatic rings. The summed E-state index contributed by atoms with van der Waals surface area (Å²) >= 11 is 0. The predicted molar refractivity (Wildman–Crippen MR) is 70.9 cm³/mol. The van der Waals surface area contributed by atoms with E-state index in [1.807, 2.05) is 0 Å². The minimum Gasteiger partial charge on any atom is -0.316 e. The second-order valence-corrected chi connectivity index (χ2v) is 5.76. The highest BCUT2D eigenvalue weighted by atomic mass is 15.1. The van der Waals surface area contributed by atoms with E-state index in [-0.39, 0.29) is 0 Å². The Kier molecular flexibility index (Phi) is 5.73. The first-order chi connectivity index (χ1) is 7.56. The van der Waals surface area contributed by atoms with Crippen molar-refractivity contribution in [2.75, 3.05) is 53.4 Å². The molecular weight excluding hydrogens is 198 g/mol. The second-order valence-electron chi connectivity index (χ2n) is 5.76. The van der Waals surface area contributed by atoms with Gasteiger partial charge in [0.25, 0.3) is 0 Å². The Morgan fingerprint density at radius 1 is 1.25 bits per heavy atom. The van der Waals surface area contributed by atoms with Crippen LogP contribution in [-0.2, 0) is 0 Å². The van der Waals surface area contributed by atoms with Crippen LogP contribution in [0.25, 0.3) is 0 Å². The molecule has 0 aromatic rings. The van der Waals surface area contributed by atoms with Gasteiger partial charge in [0.05, 0.1) is 0 Å². The van der Waals surface area contributed by atoms with Gasteiger partial charge in [-0.05, 0) is 58.5 Å². The van der Waals surface area contributed by atoms with Crippen LogP contribution in [0, 0.1) is 5.41 Å². The molecule has 0 aromatic heterocycles. The quantitative estimate of drug-likeness (QED) is 0.706. The van der Waals surface area contributed by atoms with E-state index >= 15 is 0 Å². The van der Waals surface area contributed by atoms with Gasteiger partial charge in [-0.2, -0.15) is 0 Å². The van der Waals surface area contributed by atoms with Crippen molar-refractivity contribution in [1.82, 2.24) is 15.1 Å². The van der Waals surface area contributed by atoms with E-state index in [1.54, 1.807) is 0 Å². The van der Waals surface area contributed by atoms with Crippen molar-refractivity contribution in [3.8, 4) is 0 Å². The second kappa shape index (κ2) is 6.58. The zero-order valence-corrected chi connectivity index (χ0v) is 11.6. The van der Waals surface area contributed by atoms with Crippen LogP contribution >= 0.6 is 0 Å². The summed E-state index contributed by atoms with van der Waals surface area (Å²) in [5, 5.41) is 3.48. The molecule has 3 nitrogen and oxygen atoms in total. The molecular formula is C13H29N3. The molecule has 1 unspecified atom stereocenters. The third-order valence-electron chi connectivity index (χ3n) is 3.59. The van der Waals surface area contributed by atoms with Crippen molar-refractivity contribution in [1.29, 1.82) is 0 Å². The van der Waals surface area contributed by atoms with E-state index < -0.39 is 0 Å². The lowest BCUT2D eigenvalue weighted by Crippen LogP contribution is -2.38. The summed E-state index contributed by atoms with van der Waals surface area (Å²) < 4.78 is 0. The molecule has 1 atom stereocenters. The van der Waals surface area contributed by atoms with E-state index in [0.29, 0.717) is 5.41 Å². The molecule has 1 N–H and O–H groups in total. The lowest BCUT2D eigenvalue weighted by Gasteiger charge is -2.31. The first kappa shape index (κ1) is 13.9. The lowest BCUT2D eigenvalue weighted by molar-refractivity contribution is 0.178. The van der Waals surface area contributed by atoms with Gasteiger partial charge < -0.3 is 15.1 Å². The average molecular weight is 227 g/mol. The fourth-order valence-corrected chi connectivity index (χ4v) is 2.50. The molecule has 1 rings (SSSR count). The summed E-state index contributed by atoms with van der Waals surface area (Å²) in [5.41, 5.74) is 0.508. The zero-order valence-electron chi connectivity index (χ0n) is 11.6. The molecule has 1 aliphatic heterocycles. The van der Waals surface area contributed by atoms with Crippen LogP contribution in [0.4, 0.5) is 0 Å². The number of nitrogens with zero attached hydrogens (tertiary/aromatic N) is 2. The van der Waals surface area contributed by atoms with Crippen molar-refractivity contribution >= 4 is 0 Å². The maximum atomic E-state index is 3.48. The van der Waals surface area contributed by atoms with Crippen molar-refractivity contribution in [3.05, 3.63) is 0 Å². The Morgan fingerprint density at radius 3 is 2.50 bits per heavy atom. The van der Waals surface area contributed by atoms with Gasteiger partial charge in [0, 0.05) is 13.1 Å². The molecule has 0 bridgehead atoms. The molecule has 96 valence electrons. The lowest BCUT2D eigenvalue weighted by atomic mass is 9.89. The van der Waals surface area contributed by atoms with Gasteiger partial charge in [-0.15, -0.1) is 0 Å². The van der Waals surface area contributed by atoms with Crippen LogP contribution in [-0.4, -0.2) is 63.2 Å². The first-order valence-electron chi connectivity index (χ1n) is 6.63. The van der Waals surface area contributed by atoms with Gasteiger partial charge in [-0.3, -0.25) is 0 Å². The predicted octanol–water partition coefficient (Wildman–Crippen LogP) is 1.26. The molecule has 1 fully saturated rings. The Morgan fingerprint density at radius 2 is 2.00 bits per heavy atom. The van der Waals surface area contributed by atoms with Crippen molar-refractivity contribution in [2.24, 2.45) is 5.41 Å². The van der Waals surface area contributed by atoms with Gasteiger partial charge in [0.1, 0.15) is 0 Å². The minimum absolute atomic E-state index is 0.508. The average Bonchev–Trinajstić information content (AvgIpc) is 2.63. The fraction of sp³-hybridized carbons (Fsp3) is 1.00. The third kappa shape index (κ3) is 4.81. The smallest absolute Gasteiger partial charge is 0.00479 e. The van der Waals surface area contributed by atoms with Crippen LogP contribution in [0.2, 0.25) is 0 Å². The summed E-state index contributed by atoms with van der Waals surface area (Å²) in [4.78, 5) is 4.88. The van der Waals surface area contributed by atoms with Crippen LogP contribution in [0.3, 0.4) is 0 Å². The molecule has 0 aliphatic carbocycles. The summed E-state index contributed by atoms with van der Waals surface area (Å²) in [6.07, 6.45) is 2.61. The van der Waals surface area contributed by atoms with Gasteiger partial charge in [-0.1, -0.05) is 13.8 Å². The van der Waals surface area contributed by atoms with E-state index in [9.17, 15) is 0 Å². The SMILES string of the molecule is CCN(CCCN(C)C)CC1(C)CCNC1.